The molecule has 5 saturated carbocycles. The molecule has 1 N–H and O–H groups in total. The first-order chi connectivity index (χ1) is 9.90. The molecule has 8 rings (SSSR count). The van der Waals surface area contributed by atoms with Gasteiger partial charge in [-0.1, -0.05) is 6.07 Å². The average Bonchev–Trinajstić information content (AvgIpc) is 3.10. The van der Waals surface area contributed by atoms with E-state index in [0.29, 0.717) is 6.10 Å². The van der Waals surface area contributed by atoms with Gasteiger partial charge >= 0.3 is 0 Å². The molecule has 2 saturated heterocycles. The third kappa shape index (κ3) is 0.723. The topological polar surface area (TPSA) is 34.2 Å². The fourth-order valence-electron chi connectivity index (χ4n) is 8.03. The third-order valence-corrected chi connectivity index (χ3v) is 7.99. The summed E-state index contributed by atoms with van der Waals surface area (Å²) in [6, 6.07) is 4.20. The minimum Gasteiger partial charge on any atom is -0.356 e. The second-order valence-corrected chi connectivity index (χ2v) is 8.01. The van der Waals surface area contributed by atoms with E-state index in [1.807, 2.05) is 18.5 Å². The molecule has 5 aliphatic carbocycles. The normalized spacial score (nSPS) is 64.7. The van der Waals surface area contributed by atoms with E-state index in [9.17, 15) is 0 Å². The van der Waals surface area contributed by atoms with Crippen LogP contribution >= 0.6 is 0 Å². The number of pyridine rings is 1. The molecule has 7 fully saturated rings. The maximum Gasteiger partial charge on any atom is 0.126 e. The van der Waals surface area contributed by atoms with Crippen LogP contribution in [-0.4, -0.2) is 16.8 Å². The standard InChI is InChI=1S/C17H18N2O/c1-2-7(5-18-3-1)6-19-17-14-9-4-8-10-11(9)15(17)13(10)16(20-17)12(8)14/h1-3,5,8-16,19H,4,6H2. The molecule has 3 nitrogen and oxygen atoms in total. The van der Waals surface area contributed by atoms with Crippen LogP contribution in [0.5, 0.6) is 0 Å². The Bertz CT molecular complexity index is 623. The van der Waals surface area contributed by atoms with Crippen molar-refractivity contribution < 1.29 is 4.74 Å². The van der Waals surface area contributed by atoms with Gasteiger partial charge in [0.1, 0.15) is 5.72 Å². The van der Waals surface area contributed by atoms with Gasteiger partial charge in [0.25, 0.3) is 0 Å². The minimum atomic E-state index is 0.0624. The van der Waals surface area contributed by atoms with E-state index in [2.05, 4.69) is 16.4 Å². The van der Waals surface area contributed by atoms with Gasteiger partial charge in [-0.25, -0.2) is 0 Å². The lowest BCUT2D eigenvalue weighted by atomic mass is 9.59. The SMILES string of the molecule is c1cncc(CNC23OC4C5C6CC(C7C6C4C72)C53)c1. The highest BCUT2D eigenvalue weighted by molar-refractivity contribution is 5.38. The second-order valence-electron chi connectivity index (χ2n) is 8.01. The Balaban J connectivity index is 1.29. The third-order valence-electron chi connectivity index (χ3n) is 7.99. The lowest BCUT2D eigenvalue weighted by Gasteiger charge is -2.46. The lowest BCUT2D eigenvalue weighted by Crippen LogP contribution is -2.56. The molecule has 3 heterocycles. The molecule has 0 amide bonds. The average molecular weight is 266 g/mol. The molecule has 3 heteroatoms. The van der Waals surface area contributed by atoms with Crippen LogP contribution in [0.15, 0.2) is 24.5 Å². The monoisotopic (exact) mass is 266 g/mol. The summed E-state index contributed by atoms with van der Waals surface area (Å²) < 4.78 is 6.65. The van der Waals surface area contributed by atoms with Crippen molar-refractivity contribution in [3.63, 3.8) is 0 Å². The predicted octanol–water partition coefficient (Wildman–Crippen LogP) is 1.65. The zero-order chi connectivity index (χ0) is 12.6. The Hall–Kier alpha value is -0.930. The summed E-state index contributed by atoms with van der Waals surface area (Å²) in [5, 5.41) is 3.88. The van der Waals surface area contributed by atoms with E-state index in [1.165, 1.54) is 12.0 Å². The van der Waals surface area contributed by atoms with Crippen molar-refractivity contribution >= 4 is 0 Å². The van der Waals surface area contributed by atoms with E-state index in [1.54, 1.807) is 0 Å². The molecule has 10 atom stereocenters. The number of hydrogen-bond donors (Lipinski definition) is 1. The Labute approximate surface area is 118 Å². The minimum absolute atomic E-state index is 0.0624. The smallest absolute Gasteiger partial charge is 0.126 e. The highest BCUT2D eigenvalue weighted by atomic mass is 16.5. The summed E-state index contributed by atoms with van der Waals surface area (Å²) in [5.74, 6) is 7.70. The molecular weight excluding hydrogens is 248 g/mol. The van der Waals surface area contributed by atoms with Gasteiger partial charge in [0.2, 0.25) is 0 Å². The summed E-state index contributed by atoms with van der Waals surface area (Å²) in [6.07, 6.45) is 5.99. The fourth-order valence-corrected chi connectivity index (χ4v) is 8.03. The number of nitrogens with zero attached hydrogens (tertiary/aromatic N) is 1. The van der Waals surface area contributed by atoms with Crippen molar-refractivity contribution in [3.05, 3.63) is 30.1 Å². The zero-order valence-corrected chi connectivity index (χ0v) is 11.3. The number of rotatable bonds is 3. The number of aromatic nitrogens is 1. The molecule has 4 bridgehead atoms. The number of nitrogens with one attached hydrogen (secondary N) is 1. The largest absolute Gasteiger partial charge is 0.356 e. The van der Waals surface area contributed by atoms with Crippen LogP contribution in [-0.2, 0) is 11.3 Å². The molecule has 0 spiro atoms. The Kier molecular flexibility index (Phi) is 1.34. The molecule has 7 aliphatic rings. The van der Waals surface area contributed by atoms with E-state index in [0.717, 1.165) is 53.9 Å². The van der Waals surface area contributed by atoms with Gasteiger partial charge < -0.3 is 4.74 Å². The van der Waals surface area contributed by atoms with Crippen LogP contribution in [0.25, 0.3) is 0 Å². The summed E-state index contributed by atoms with van der Waals surface area (Å²) in [4.78, 5) is 4.23. The van der Waals surface area contributed by atoms with Crippen molar-refractivity contribution in [3.8, 4) is 0 Å². The fraction of sp³-hybridized carbons (Fsp3) is 0.706. The van der Waals surface area contributed by atoms with Gasteiger partial charge in [-0.3, -0.25) is 10.3 Å². The predicted molar refractivity (Wildman–Crippen MR) is 71.2 cm³/mol. The first-order valence-corrected chi connectivity index (χ1v) is 8.22. The molecular formula is C17H18N2O. The van der Waals surface area contributed by atoms with E-state index in [4.69, 9.17) is 4.74 Å². The maximum absolute atomic E-state index is 6.65. The van der Waals surface area contributed by atoms with Gasteiger partial charge in [-0.2, -0.15) is 0 Å². The van der Waals surface area contributed by atoms with Crippen molar-refractivity contribution in [2.24, 2.45) is 47.3 Å². The number of ether oxygens (including phenoxy) is 1. The van der Waals surface area contributed by atoms with Crippen LogP contribution in [0.1, 0.15) is 12.0 Å². The lowest BCUT2D eigenvalue weighted by molar-refractivity contribution is -0.0591. The summed E-state index contributed by atoms with van der Waals surface area (Å²) in [6.45, 7) is 0.918. The second kappa shape index (κ2) is 2.71. The summed E-state index contributed by atoms with van der Waals surface area (Å²) in [7, 11) is 0. The van der Waals surface area contributed by atoms with Crippen LogP contribution in [0.3, 0.4) is 0 Å². The molecule has 1 aromatic heterocycles. The van der Waals surface area contributed by atoms with E-state index in [-0.39, 0.29) is 5.72 Å². The molecule has 20 heavy (non-hydrogen) atoms. The van der Waals surface area contributed by atoms with Gasteiger partial charge in [-0.15, -0.1) is 0 Å². The van der Waals surface area contributed by atoms with Crippen LogP contribution < -0.4 is 5.32 Å². The highest BCUT2D eigenvalue weighted by Crippen LogP contribution is 2.89. The van der Waals surface area contributed by atoms with Crippen molar-refractivity contribution in [1.29, 1.82) is 0 Å². The number of hydrogen-bond acceptors (Lipinski definition) is 3. The summed E-state index contributed by atoms with van der Waals surface area (Å²) in [5.41, 5.74) is 1.35. The molecule has 0 aromatic carbocycles. The first-order valence-electron chi connectivity index (χ1n) is 8.22. The maximum atomic E-state index is 6.65. The van der Waals surface area contributed by atoms with Gasteiger partial charge in [0.05, 0.1) is 6.10 Å². The zero-order valence-electron chi connectivity index (χ0n) is 11.3. The van der Waals surface area contributed by atoms with Crippen LogP contribution in [0, 0.1) is 47.3 Å². The molecule has 102 valence electrons. The Morgan fingerprint density at radius 3 is 3.10 bits per heavy atom. The van der Waals surface area contributed by atoms with Gasteiger partial charge in [-0.05, 0) is 53.6 Å². The van der Waals surface area contributed by atoms with Crippen LogP contribution in [0.4, 0.5) is 0 Å². The highest BCUT2D eigenvalue weighted by Gasteiger charge is 2.92. The van der Waals surface area contributed by atoms with Crippen molar-refractivity contribution in [2.75, 3.05) is 0 Å². The molecule has 10 unspecified atom stereocenters. The van der Waals surface area contributed by atoms with Gasteiger partial charge in [0.15, 0.2) is 0 Å². The van der Waals surface area contributed by atoms with Crippen molar-refractivity contribution in [2.45, 2.75) is 24.8 Å². The van der Waals surface area contributed by atoms with Crippen LogP contribution in [0.2, 0.25) is 0 Å². The molecule has 0 radical (unpaired) electrons. The quantitative estimate of drug-likeness (QED) is 0.903. The van der Waals surface area contributed by atoms with E-state index < -0.39 is 0 Å². The van der Waals surface area contributed by atoms with Gasteiger partial charge in [0, 0.05) is 30.8 Å². The van der Waals surface area contributed by atoms with E-state index >= 15 is 0 Å². The summed E-state index contributed by atoms with van der Waals surface area (Å²) >= 11 is 0. The van der Waals surface area contributed by atoms with Crippen molar-refractivity contribution in [1.82, 2.24) is 10.3 Å². The Morgan fingerprint density at radius 1 is 1.20 bits per heavy atom. The Morgan fingerprint density at radius 2 is 2.20 bits per heavy atom. The molecule has 2 aliphatic heterocycles. The first kappa shape index (κ1) is 9.91. The molecule has 1 aromatic rings.